The fourth-order valence-corrected chi connectivity index (χ4v) is 1.97. The van der Waals surface area contributed by atoms with E-state index in [4.69, 9.17) is 21.9 Å². The highest BCUT2D eigenvalue weighted by atomic mass is 35.5. The third kappa shape index (κ3) is 2.85. The van der Waals surface area contributed by atoms with Gasteiger partial charge in [0.05, 0.1) is 12.3 Å². The molecule has 0 radical (unpaired) electrons. The minimum atomic E-state index is -0.368. The first-order chi connectivity index (χ1) is 8.20. The molecule has 0 amide bonds. The number of hydrogen-bond donors (Lipinski definition) is 2. The molecule has 3 nitrogen and oxygen atoms in total. The molecule has 0 fully saturated rings. The summed E-state index contributed by atoms with van der Waals surface area (Å²) < 4.78 is 18.2. The van der Waals surface area contributed by atoms with E-state index in [0.29, 0.717) is 11.4 Å². The molecule has 3 N–H and O–H groups in total. The van der Waals surface area contributed by atoms with Gasteiger partial charge in [0.15, 0.2) is 0 Å². The first kappa shape index (κ1) is 12.1. The van der Waals surface area contributed by atoms with Gasteiger partial charge >= 0.3 is 0 Å². The summed E-state index contributed by atoms with van der Waals surface area (Å²) in [5.41, 5.74) is 3.39. The van der Waals surface area contributed by atoms with Crippen LogP contribution in [-0.2, 0) is 6.42 Å². The van der Waals surface area contributed by atoms with Gasteiger partial charge in [-0.3, -0.25) is 11.3 Å². The maximum atomic E-state index is 12.9. The lowest BCUT2D eigenvalue weighted by Gasteiger charge is -2.16. The molecule has 0 aliphatic heterocycles. The second-order valence-corrected chi connectivity index (χ2v) is 4.08. The lowest BCUT2D eigenvalue weighted by molar-refractivity contribution is 0.454. The SMILES string of the molecule is NNC(Cc1ccco1)c1ccc(F)cc1Cl. The van der Waals surface area contributed by atoms with Gasteiger partial charge in [0.2, 0.25) is 0 Å². The van der Waals surface area contributed by atoms with Crippen molar-refractivity contribution in [3.63, 3.8) is 0 Å². The van der Waals surface area contributed by atoms with Crippen molar-refractivity contribution in [2.75, 3.05) is 0 Å². The van der Waals surface area contributed by atoms with Crippen molar-refractivity contribution in [1.82, 2.24) is 5.43 Å². The molecule has 1 heterocycles. The second-order valence-electron chi connectivity index (χ2n) is 3.67. The number of nitrogens with one attached hydrogen (secondary N) is 1. The monoisotopic (exact) mass is 254 g/mol. The van der Waals surface area contributed by atoms with Gasteiger partial charge in [0.25, 0.3) is 0 Å². The number of nitrogens with two attached hydrogens (primary N) is 1. The van der Waals surface area contributed by atoms with Gasteiger partial charge < -0.3 is 4.42 Å². The summed E-state index contributed by atoms with van der Waals surface area (Å²) in [6.45, 7) is 0. The Morgan fingerprint density at radius 3 is 2.82 bits per heavy atom. The van der Waals surface area contributed by atoms with Gasteiger partial charge in [0, 0.05) is 11.4 Å². The van der Waals surface area contributed by atoms with Crippen LogP contribution in [0.4, 0.5) is 4.39 Å². The zero-order valence-electron chi connectivity index (χ0n) is 8.99. The highest BCUT2D eigenvalue weighted by molar-refractivity contribution is 6.31. The van der Waals surface area contributed by atoms with E-state index >= 15 is 0 Å². The quantitative estimate of drug-likeness (QED) is 0.652. The van der Waals surface area contributed by atoms with Crippen LogP contribution in [0.2, 0.25) is 5.02 Å². The van der Waals surface area contributed by atoms with Crippen LogP contribution >= 0.6 is 11.6 Å². The van der Waals surface area contributed by atoms with Crippen molar-refractivity contribution < 1.29 is 8.81 Å². The van der Waals surface area contributed by atoms with Crippen LogP contribution in [0.15, 0.2) is 41.0 Å². The Morgan fingerprint density at radius 2 is 2.24 bits per heavy atom. The minimum Gasteiger partial charge on any atom is -0.469 e. The zero-order valence-corrected chi connectivity index (χ0v) is 9.75. The highest BCUT2D eigenvalue weighted by Crippen LogP contribution is 2.26. The van der Waals surface area contributed by atoms with Crippen LogP contribution in [-0.4, -0.2) is 0 Å². The number of halogens is 2. The number of hydrogen-bond acceptors (Lipinski definition) is 3. The van der Waals surface area contributed by atoms with E-state index in [2.05, 4.69) is 5.43 Å². The average Bonchev–Trinajstić information content (AvgIpc) is 2.79. The molecule has 2 rings (SSSR count). The Labute approximate surface area is 103 Å². The molecule has 0 saturated heterocycles. The molecule has 0 aliphatic carbocycles. The fourth-order valence-electron chi connectivity index (χ4n) is 1.67. The Kier molecular flexibility index (Phi) is 3.78. The molecule has 90 valence electrons. The summed E-state index contributed by atoms with van der Waals surface area (Å²) in [5, 5.41) is 0.347. The van der Waals surface area contributed by atoms with Gasteiger partial charge in [-0.1, -0.05) is 17.7 Å². The Balaban J connectivity index is 2.23. The standard InChI is InChI=1S/C12H12ClFN2O/c13-11-6-8(14)3-4-10(11)12(16-15)7-9-2-1-5-17-9/h1-6,12,16H,7,15H2. The van der Waals surface area contributed by atoms with E-state index in [1.165, 1.54) is 12.1 Å². The molecule has 1 atom stereocenters. The smallest absolute Gasteiger partial charge is 0.124 e. The zero-order chi connectivity index (χ0) is 12.3. The summed E-state index contributed by atoms with van der Waals surface area (Å²) >= 11 is 5.98. The summed E-state index contributed by atoms with van der Waals surface area (Å²) in [6.07, 6.45) is 2.14. The van der Waals surface area contributed by atoms with Crippen LogP contribution in [0.1, 0.15) is 17.4 Å². The van der Waals surface area contributed by atoms with Crippen molar-refractivity contribution in [3.8, 4) is 0 Å². The first-order valence-electron chi connectivity index (χ1n) is 5.14. The molecule has 0 bridgehead atoms. The number of furan rings is 1. The van der Waals surface area contributed by atoms with Crippen molar-refractivity contribution >= 4 is 11.6 Å². The number of benzene rings is 1. The van der Waals surface area contributed by atoms with Gasteiger partial charge in [0.1, 0.15) is 11.6 Å². The van der Waals surface area contributed by atoms with Crippen molar-refractivity contribution in [1.29, 1.82) is 0 Å². The predicted octanol–water partition coefficient (Wildman–Crippen LogP) is 2.82. The summed E-state index contributed by atoms with van der Waals surface area (Å²) in [4.78, 5) is 0. The normalized spacial score (nSPS) is 12.6. The number of rotatable bonds is 4. The molecule has 1 aromatic heterocycles. The average molecular weight is 255 g/mol. The molecule has 0 aliphatic rings. The van der Waals surface area contributed by atoms with E-state index in [0.717, 1.165) is 11.3 Å². The summed E-state index contributed by atoms with van der Waals surface area (Å²) in [5.74, 6) is 5.90. The van der Waals surface area contributed by atoms with E-state index in [1.54, 1.807) is 18.4 Å². The fraction of sp³-hybridized carbons (Fsp3) is 0.167. The third-order valence-electron chi connectivity index (χ3n) is 2.52. The Morgan fingerprint density at radius 1 is 1.41 bits per heavy atom. The maximum absolute atomic E-state index is 12.9. The van der Waals surface area contributed by atoms with Crippen molar-refractivity contribution in [2.45, 2.75) is 12.5 Å². The Bertz CT molecular complexity index is 487. The van der Waals surface area contributed by atoms with E-state index < -0.39 is 0 Å². The van der Waals surface area contributed by atoms with Gasteiger partial charge in [-0.2, -0.15) is 0 Å². The first-order valence-corrected chi connectivity index (χ1v) is 5.52. The largest absolute Gasteiger partial charge is 0.469 e. The highest BCUT2D eigenvalue weighted by Gasteiger charge is 2.15. The van der Waals surface area contributed by atoms with Crippen LogP contribution in [0.25, 0.3) is 0 Å². The van der Waals surface area contributed by atoms with Crippen LogP contribution < -0.4 is 11.3 Å². The second kappa shape index (κ2) is 5.31. The third-order valence-corrected chi connectivity index (χ3v) is 2.85. The van der Waals surface area contributed by atoms with E-state index in [9.17, 15) is 4.39 Å². The van der Waals surface area contributed by atoms with Gasteiger partial charge in [-0.05, 0) is 29.8 Å². The molecular weight excluding hydrogens is 243 g/mol. The topological polar surface area (TPSA) is 51.2 Å². The molecule has 0 saturated carbocycles. The lowest BCUT2D eigenvalue weighted by Crippen LogP contribution is -2.29. The molecule has 17 heavy (non-hydrogen) atoms. The van der Waals surface area contributed by atoms with Crippen LogP contribution in [0, 0.1) is 5.82 Å². The summed E-state index contributed by atoms with van der Waals surface area (Å²) in [6, 6.07) is 7.67. The van der Waals surface area contributed by atoms with E-state index in [-0.39, 0.29) is 11.9 Å². The molecule has 0 spiro atoms. The number of hydrazine groups is 1. The predicted molar refractivity (Wildman–Crippen MR) is 63.9 cm³/mol. The van der Waals surface area contributed by atoms with Crippen molar-refractivity contribution in [2.24, 2.45) is 5.84 Å². The minimum absolute atomic E-state index is 0.214. The molecule has 1 aromatic carbocycles. The van der Waals surface area contributed by atoms with Gasteiger partial charge in [-0.15, -0.1) is 0 Å². The van der Waals surface area contributed by atoms with E-state index in [1.807, 2.05) is 6.07 Å². The molecule has 5 heteroatoms. The lowest BCUT2D eigenvalue weighted by atomic mass is 10.0. The summed E-state index contributed by atoms with van der Waals surface area (Å²) in [7, 11) is 0. The van der Waals surface area contributed by atoms with Gasteiger partial charge in [-0.25, -0.2) is 4.39 Å². The molecular formula is C12H12ClFN2O. The Hall–Kier alpha value is -1.36. The molecule has 1 unspecified atom stereocenters. The maximum Gasteiger partial charge on any atom is 0.124 e. The molecule has 2 aromatic rings. The van der Waals surface area contributed by atoms with Crippen LogP contribution in [0.5, 0.6) is 0 Å². The van der Waals surface area contributed by atoms with Crippen LogP contribution in [0.3, 0.4) is 0 Å². The van der Waals surface area contributed by atoms with Crippen molar-refractivity contribution in [3.05, 3.63) is 58.8 Å².